The molecule has 0 radical (unpaired) electrons. The Hall–Kier alpha value is -3.40. The van der Waals surface area contributed by atoms with Gasteiger partial charge in [0.05, 0.1) is 18.9 Å². The maximum absolute atomic E-state index is 12.6. The third-order valence-electron chi connectivity index (χ3n) is 3.91. The van der Waals surface area contributed by atoms with Crippen LogP contribution in [0.4, 0.5) is 0 Å². The van der Waals surface area contributed by atoms with E-state index in [2.05, 4.69) is 28.6 Å². The van der Waals surface area contributed by atoms with Gasteiger partial charge in [-0.2, -0.15) is 12.6 Å². The highest BCUT2D eigenvalue weighted by Gasteiger charge is 2.31. The van der Waals surface area contributed by atoms with Crippen molar-refractivity contribution in [2.75, 3.05) is 5.75 Å². The number of carboxylic acids is 1. The molecule has 0 aliphatic heterocycles. The number of hydrogen-bond acceptors (Lipinski definition) is 9. The molecule has 0 saturated heterocycles. The second kappa shape index (κ2) is 13.8. The molecule has 6 amide bonds. The Bertz CT molecular complexity index is 763. The van der Waals surface area contributed by atoms with Crippen molar-refractivity contribution < 1.29 is 38.7 Å². The summed E-state index contributed by atoms with van der Waals surface area (Å²) in [7, 11) is 0. The van der Waals surface area contributed by atoms with E-state index in [1.165, 1.54) is 0 Å². The third kappa shape index (κ3) is 11.1. The Morgan fingerprint density at radius 2 is 1.19 bits per heavy atom. The second-order valence-corrected chi connectivity index (χ2v) is 7.02. The second-order valence-electron chi connectivity index (χ2n) is 6.66. The molecule has 0 fully saturated rings. The van der Waals surface area contributed by atoms with E-state index in [-0.39, 0.29) is 18.6 Å². The van der Waals surface area contributed by atoms with Gasteiger partial charge in [0, 0.05) is 12.2 Å². The Morgan fingerprint density at radius 1 is 0.719 bits per heavy atom. The van der Waals surface area contributed by atoms with Crippen molar-refractivity contribution in [3.63, 3.8) is 0 Å². The zero-order valence-electron chi connectivity index (χ0n) is 16.9. The highest BCUT2D eigenvalue weighted by molar-refractivity contribution is 7.80. The molecule has 0 aromatic heterocycles. The molecule has 16 heteroatoms. The van der Waals surface area contributed by atoms with Crippen LogP contribution in [-0.2, 0) is 33.6 Å². The maximum Gasteiger partial charge on any atom is 0.327 e. The zero-order chi connectivity index (χ0) is 25.0. The summed E-state index contributed by atoms with van der Waals surface area (Å²) in [4.78, 5) is 81.5. The van der Waals surface area contributed by atoms with Crippen LogP contribution in [0.15, 0.2) is 0 Å². The summed E-state index contributed by atoms with van der Waals surface area (Å²) in [6, 6.07) is -5.87. The number of carbonyl (C=O) groups is 7. The first kappa shape index (κ1) is 28.6. The summed E-state index contributed by atoms with van der Waals surface area (Å²) >= 11 is 3.79. The van der Waals surface area contributed by atoms with Crippen LogP contribution < -0.4 is 38.9 Å². The summed E-state index contributed by atoms with van der Waals surface area (Å²) in [6.07, 6.45) is -1.89. The molecule has 0 heterocycles. The van der Waals surface area contributed by atoms with Crippen LogP contribution in [0.5, 0.6) is 0 Å². The van der Waals surface area contributed by atoms with Gasteiger partial charge in [0.25, 0.3) is 0 Å². The molecule has 4 atom stereocenters. The van der Waals surface area contributed by atoms with Gasteiger partial charge in [-0.3, -0.25) is 28.8 Å². The van der Waals surface area contributed by atoms with Crippen LogP contribution in [0.3, 0.4) is 0 Å². The van der Waals surface area contributed by atoms with Crippen LogP contribution in [0.25, 0.3) is 0 Å². The smallest absolute Gasteiger partial charge is 0.327 e. The first-order valence-electron chi connectivity index (χ1n) is 9.13. The molecule has 0 aliphatic carbocycles. The lowest BCUT2D eigenvalue weighted by Crippen LogP contribution is -2.58. The SMILES string of the molecule is NC(=O)CCC(NC(=O)C(N)CC(N)=O)C(=O)NC(CC(N)=O)C(=O)NC(CS)C(=O)O. The average molecular weight is 478 g/mol. The maximum atomic E-state index is 12.6. The lowest BCUT2D eigenvalue weighted by Gasteiger charge is -2.24. The monoisotopic (exact) mass is 477 g/mol. The minimum absolute atomic E-state index is 0.284. The molecule has 0 aromatic carbocycles. The van der Waals surface area contributed by atoms with E-state index in [0.29, 0.717) is 0 Å². The van der Waals surface area contributed by atoms with Gasteiger partial charge >= 0.3 is 5.97 Å². The van der Waals surface area contributed by atoms with E-state index >= 15 is 0 Å². The summed E-state index contributed by atoms with van der Waals surface area (Å²) in [5.74, 6) is -7.40. The van der Waals surface area contributed by atoms with Gasteiger partial charge in [0.2, 0.25) is 35.4 Å². The number of primary amides is 3. The fraction of sp³-hybridized carbons (Fsp3) is 0.562. The molecule has 0 saturated carbocycles. The van der Waals surface area contributed by atoms with E-state index < -0.39 is 78.4 Å². The topological polar surface area (TPSA) is 280 Å². The quantitative estimate of drug-likeness (QED) is 0.102. The van der Waals surface area contributed by atoms with Crippen molar-refractivity contribution in [1.82, 2.24) is 16.0 Å². The number of nitrogens with one attached hydrogen (secondary N) is 3. The van der Waals surface area contributed by atoms with Crippen molar-refractivity contribution in [3.05, 3.63) is 0 Å². The van der Waals surface area contributed by atoms with Gasteiger partial charge in [0.1, 0.15) is 18.1 Å². The molecular formula is C16H27N7O8S. The minimum Gasteiger partial charge on any atom is -0.480 e. The van der Waals surface area contributed by atoms with Crippen LogP contribution in [-0.4, -0.2) is 76.4 Å². The van der Waals surface area contributed by atoms with Gasteiger partial charge < -0.3 is 44.0 Å². The van der Waals surface area contributed by atoms with Crippen LogP contribution in [0.1, 0.15) is 25.7 Å². The average Bonchev–Trinajstić information content (AvgIpc) is 2.66. The lowest BCUT2D eigenvalue weighted by atomic mass is 10.1. The summed E-state index contributed by atoms with van der Waals surface area (Å²) in [5, 5.41) is 15.4. The van der Waals surface area contributed by atoms with Gasteiger partial charge in [-0.25, -0.2) is 4.79 Å². The van der Waals surface area contributed by atoms with Crippen molar-refractivity contribution >= 4 is 54.0 Å². The number of thiol groups is 1. The number of rotatable bonds is 15. The van der Waals surface area contributed by atoms with E-state index in [1.54, 1.807) is 0 Å². The fourth-order valence-electron chi connectivity index (χ4n) is 2.28. The van der Waals surface area contributed by atoms with E-state index in [0.717, 1.165) is 0 Å². The predicted molar refractivity (Wildman–Crippen MR) is 111 cm³/mol. The molecule has 12 N–H and O–H groups in total. The molecule has 32 heavy (non-hydrogen) atoms. The standard InChI is InChI=1S/C16H27N7O8S/c17-6(3-11(19)25)13(27)21-7(1-2-10(18)24)14(28)22-8(4-12(20)26)15(29)23-9(5-32)16(30)31/h6-9,32H,1-5,17H2,(H2,18,24)(H2,19,25)(H2,20,26)(H,21,27)(H,22,28)(H,23,29)(H,30,31). The Labute approximate surface area is 187 Å². The highest BCUT2D eigenvalue weighted by Crippen LogP contribution is 2.03. The number of hydrogen-bond donors (Lipinski definition) is 9. The number of amides is 6. The first-order chi connectivity index (χ1) is 14.8. The summed E-state index contributed by atoms with van der Waals surface area (Å²) in [6.45, 7) is 0. The van der Waals surface area contributed by atoms with E-state index in [9.17, 15) is 33.6 Å². The van der Waals surface area contributed by atoms with Crippen molar-refractivity contribution in [2.45, 2.75) is 49.9 Å². The Balaban J connectivity index is 5.51. The van der Waals surface area contributed by atoms with Crippen LogP contribution in [0.2, 0.25) is 0 Å². The number of carbonyl (C=O) groups excluding carboxylic acids is 6. The minimum atomic E-state index is -1.60. The third-order valence-corrected chi connectivity index (χ3v) is 4.27. The number of nitrogens with two attached hydrogens (primary N) is 4. The molecule has 0 aliphatic rings. The fourth-order valence-corrected chi connectivity index (χ4v) is 2.53. The normalized spacial score (nSPS) is 14.2. The van der Waals surface area contributed by atoms with Crippen molar-refractivity contribution in [3.8, 4) is 0 Å². The lowest BCUT2D eigenvalue weighted by molar-refractivity contribution is -0.141. The largest absolute Gasteiger partial charge is 0.480 e. The molecular weight excluding hydrogens is 450 g/mol. The van der Waals surface area contributed by atoms with E-state index in [1.807, 2.05) is 0 Å². The molecule has 180 valence electrons. The Morgan fingerprint density at radius 3 is 1.62 bits per heavy atom. The van der Waals surface area contributed by atoms with Gasteiger partial charge in [0.15, 0.2) is 0 Å². The molecule has 0 spiro atoms. The number of carboxylic acid groups (broad SMARTS) is 1. The summed E-state index contributed by atoms with van der Waals surface area (Å²) < 4.78 is 0. The van der Waals surface area contributed by atoms with Crippen LogP contribution >= 0.6 is 12.6 Å². The first-order valence-corrected chi connectivity index (χ1v) is 9.76. The van der Waals surface area contributed by atoms with Crippen molar-refractivity contribution in [2.24, 2.45) is 22.9 Å². The molecule has 0 bridgehead atoms. The molecule has 0 aromatic rings. The van der Waals surface area contributed by atoms with Crippen LogP contribution in [0, 0.1) is 0 Å². The molecule has 4 unspecified atom stereocenters. The molecule has 15 nitrogen and oxygen atoms in total. The Kier molecular flexibility index (Phi) is 12.3. The van der Waals surface area contributed by atoms with Gasteiger partial charge in [-0.15, -0.1) is 0 Å². The summed E-state index contributed by atoms with van der Waals surface area (Å²) in [5.41, 5.74) is 20.6. The number of aliphatic carboxylic acids is 1. The van der Waals surface area contributed by atoms with Gasteiger partial charge in [-0.1, -0.05) is 0 Å². The zero-order valence-corrected chi connectivity index (χ0v) is 17.8. The highest BCUT2D eigenvalue weighted by atomic mass is 32.1. The van der Waals surface area contributed by atoms with Gasteiger partial charge in [-0.05, 0) is 6.42 Å². The molecule has 0 rings (SSSR count). The van der Waals surface area contributed by atoms with E-state index in [4.69, 9.17) is 28.0 Å². The van der Waals surface area contributed by atoms with Crippen molar-refractivity contribution in [1.29, 1.82) is 0 Å². The predicted octanol–water partition coefficient (Wildman–Crippen LogP) is -5.20.